The molecule has 0 aliphatic heterocycles. The third-order valence-electron chi connectivity index (χ3n) is 10.5. The Morgan fingerprint density at radius 2 is 1.82 bits per heavy atom. The van der Waals surface area contributed by atoms with Crippen molar-refractivity contribution < 1.29 is 23.1 Å². The number of fused-ring (bicyclic) bond motifs is 5. The number of aliphatic hydroxyl groups is 1. The molecule has 1 heterocycles. The van der Waals surface area contributed by atoms with Gasteiger partial charge in [-0.2, -0.15) is 18.3 Å². The van der Waals surface area contributed by atoms with Crippen LogP contribution in [0.15, 0.2) is 12.4 Å². The molecule has 8 atom stereocenters. The second kappa shape index (κ2) is 8.10. The van der Waals surface area contributed by atoms with E-state index in [0.29, 0.717) is 29.1 Å². The minimum absolute atomic E-state index is 0.0400. The minimum Gasteiger partial charge on any atom is -0.393 e. The fourth-order valence-electron chi connectivity index (χ4n) is 8.83. The van der Waals surface area contributed by atoms with Gasteiger partial charge in [-0.15, -0.1) is 0 Å². The van der Waals surface area contributed by atoms with Crippen LogP contribution in [0.25, 0.3) is 0 Å². The highest BCUT2D eigenvalue weighted by Gasteiger charge is 2.59. The van der Waals surface area contributed by atoms with Crippen molar-refractivity contribution in [1.29, 1.82) is 0 Å². The van der Waals surface area contributed by atoms with E-state index in [0.717, 1.165) is 63.8 Å². The lowest BCUT2D eigenvalue weighted by atomic mass is 9.41. The van der Waals surface area contributed by atoms with Gasteiger partial charge in [-0.05, 0) is 92.3 Å². The zero-order valence-electron chi connectivity index (χ0n) is 19.8. The van der Waals surface area contributed by atoms with Crippen molar-refractivity contribution in [2.24, 2.45) is 40.4 Å². The number of carbonyl (C=O) groups excluding carboxylic acids is 1. The van der Waals surface area contributed by atoms with Crippen LogP contribution < -0.4 is 0 Å². The van der Waals surface area contributed by atoms with Crippen molar-refractivity contribution in [3.05, 3.63) is 18.0 Å². The van der Waals surface area contributed by atoms with Gasteiger partial charge in [-0.1, -0.05) is 20.3 Å². The van der Waals surface area contributed by atoms with Crippen molar-refractivity contribution in [1.82, 2.24) is 9.78 Å². The van der Waals surface area contributed by atoms with Gasteiger partial charge < -0.3 is 5.11 Å². The summed E-state index contributed by atoms with van der Waals surface area (Å²) in [5.41, 5.74) is -0.580. The van der Waals surface area contributed by atoms with E-state index in [4.69, 9.17) is 0 Å². The first-order valence-corrected chi connectivity index (χ1v) is 12.8. The maximum atomic E-state index is 13.4. The van der Waals surface area contributed by atoms with Gasteiger partial charge in [0.15, 0.2) is 5.78 Å². The Balaban J connectivity index is 1.34. The predicted octanol–water partition coefficient (Wildman–Crippen LogP) is 5.88. The van der Waals surface area contributed by atoms with Crippen LogP contribution in [0, 0.1) is 40.4 Å². The van der Waals surface area contributed by atoms with Crippen LogP contribution >= 0.6 is 0 Å². The second-order valence-electron chi connectivity index (χ2n) is 12.0. The molecule has 4 fully saturated rings. The monoisotopic (exact) mass is 466 g/mol. The second-order valence-corrected chi connectivity index (χ2v) is 12.0. The highest BCUT2D eigenvalue weighted by Crippen LogP contribution is 2.66. The average molecular weight is 467 g/mol. The zero-order chi connectivity index (χ0) is 23.6. The van der Waals surface area contributed by atoms with Crippen molar-refractivity contribution in [2.75, 3.05) is 0 Å². The van der Waals surface area contributed by atoms with Gasteiger partial charge in [0.1, 0.15) is 0 Å². The first-order valence-electron chi connectivity index (χ1n) is 12.8. The Bertz CT molecular complexity index is 898. The molecule has 0 unspecified atom stereocenters. The Morgan fingerprint density at radius 3 is 2.55 bits per heavy atom. The molecule has 0 radical (unpaired) electrons. The minimum atomic E-state index is -4.44. The molecule has 0 aromatic carbocycles. The molecule has 0 saturated heterocycles. The van der Waals surface area contributed by atoms with E-state index < -0.39 is 11.7 Å². The van der Waals surface area contributed by atoms with Gasteiger partial charge in [0, 0.05) is 12.1 Å². The topological polar surface area (TPSA) is 55.1 Å². The average Bonchev–Trinajstić information content (AvgIpc) is 3.22. The summed E-state index contributed by atoms with van der Waals surface area (Å²) in [4.78, 5) is 13.4. The summed E-state index contributed by atoms with van der Waals surface area (Å²) in [5, 5.41) is 14.1. The van der Waals surface area contributed by atoms with Gasteiger partial charge in [-0.3, -0.25) is 9.48 Å². The highest BCUT2D eigenvalue weighted by atomic mass is 19.4. The molecule has 5 rings (SSSR count). The SMILES string of the molecule is C[C@]12CC[C@@H](O)C[C@@H]1CC[C@@H]1[C@@H]2CC[C@]2(C)[C@@H](C(=O)Cn3cc(C(F)(F)F)cn3)CCC[C@@H]12. The molecule has 4 aliphatic carbocycles. The molecular formula is C26H37F3N2O2. The van der Waals surface area contributed by atoms with Crippen LogP contribution in [0.2, 0.25) is 0 Å². The molecule has 184 valence electrons. The van der Waals surface area contributed by atoms with Crippen LogP contribution in [0.3, 0.4) is 0 Å². The Hall–Kier alpha value is -1.37. The lowest BCUT2D eigenvalue weighted by Crippen LogP contribution is -2.57. The smallest absolute Gasteiger partial charge is 0.393 e. The van der Waals surface area contributed by atoms with Gasteiger partial charge in [-0.25, -0.2) is 0 Å². The van der Waals surface area contributed by atoms with Crippen molar-refractivity contribution in [3.63, 3.8) is 0 Å². The summed E-state index contributed by atoms with van der Waals surface area (Å²) >= 11 is 0. The molecule has 1 aromatic rings. The molecule has 4 nitrogen and oxygen atoms in total. The van der Waals surface area contributed by atoms with Gasteiger partial charge >= 0.3 is 6.18 Å². The van der Waals surface area contributed by atoms with E-state index in [1.165, 1.54) is 17.5 Å². The third kappa shape index (κ3) is 3.86. The van der Waals surface area contributed by atoms with E-state index in [9.17, 15) is 23.1 Å². The van der Waals surface area contributed by atoms with Gasteiger partial charge in [0.05, 0.1) is 24.4 Å². The first kappa shape index (κ1) is 23.4. The molecule has 4 saturated carbocycles. The number of halogens is 3. The molecule has 0 amide bonds. The zero-order valence-corrected chi connectivity index (χ0v) is 19.8. The number of carbonyl (C=O) groups is 1. The standard InChI is InChI=1S/C26H37F3N2O2/c1-24-10-8-18(32)12-16(24)6-7-19-20-4-3-5-22(25(20,2)11-9-21(19)24)23(33)15-31-14-17(13-30-31)26(27,28)29/h13-14,16,18-22,32H,3-12,15H2,1-2H3/t16-,18+,19-,20-,21-,22+,24-,25-/m0/s1. The molecule has 1 N–H and O–H groups in total. The predicted molar refractivity (Wildman–Crippen MR) is 118 cm³/mol. The number of hydrogen-bond donors (Lipinski definition) is 1. The number of Topliss-reactive ketones (excluding diaryl/α,β-unsaturated/α-hetero) is 1. The summed E-state index contributed by atoms with van der Waals surface area (Å²) < 4.78 is 40.0. The molecule has 33 heavy (non-hydrogen) atoms. The fraction of sp³-hybridized carbons (Fsp3) is 0.846. The van der Waals surface area contributed by atoms with Crippen LogP contribution in [-0.4, -0.2) is 26.8 Å². The lowest BCUT2D eigenvalue weighted by Gasteiger charge is -2.63. The quantitative estimate of drug-likeness (QED) is 0.605. The lowest BCUT2D eigenvalue weighted by molar-refractivity contribution is -0.160. The molecule has 0 bridgehead atoms. The summed E-state index contributed by atoms with van der Waals surface area (Å²) in [7, 11) is 0. The van der Waals surface area contributed by atoms with E-state index in [1.807, 2.05) is 0 Å². The molecule has 0 spiro atoms. The Morgan fingerprint density at radius 1 is 1.09 bits per heavy atom. The van der Waals surface area contributed by atoms with Crippen molar-refractivity contribution >= 4 is 5.78 Å². The maximum absolute atomic E-state index is 13.4. The van der Waals surface area contributed by atoms with Crippen LogP contribution in [-0.2, 0) is 17.5 Å². The van der Waals surface area contributed by atoms with Gasteiger partial charge in [0.2, 0.25) is 0 Å². The molecule has 7 heteroatoms. The number of aromatic nitrogens is 2. The number of nitrogens with zero attached hydrogens (tertiary/aromatic N) is 2. The summed E-state index contributed by atoms with van der Waals surface area (Å²) in [6, 6.07) is 0. The number of rotatable bonds is 3. The number of hydrogen-bond acceptors (Lipinski definition) is 3. The fourth-order valence-corrected chi connectivity index (χ4v) is 8.83. The number of aliphatic hydroxyl groups excluding tert-OH is 1. The Labute approximate surface area is 194 Å². The molecule has 4 aliphatic rings. The van der Waals surface area contributed by atoms with E-state index >= 15 is 0 Å². The summed E-state index contributed by atoms with van der Waals surface area (Å²) in [6.07, 6.45) is 7.65. The van der Waals surface area contributed by atoms with Crippen molar-refractivity contribution in [3.8, 4) is 0 Å². The van der Waals surface area contributed by atoms with Crippen LogP contribution in [0.5, 0.6) is 0 Å². The van der Waals surface area contributed by atoms with Gasteiger partial charge in [0.25, 0.3) is 0 Å². The van der Waals surface area contributed by atoms with E-state index in [1.54, 1.807) is 0 Å². The number of alkyl halides is 3. The summed E-state index contributed by atoms with van der Waals surface area (Å²) in [5.74, 6) is 2.34. The van der Waals surface area contributed by atoms with Crippen molar-refractivity contribution in [2.45, 2.75) is 96.9 Å². The third-order valence-corrected chi connectivity index (χ3v) is 10.5. The first-order chi connectivity index (χ1) is 15.5. The normalized spacial score (nSPS) is 43.3. The molecule has 1 aromatic heterocycles. The maximum Gasteiger partial charge on any atom is 0.419 e. The highest BCUT2D eigenvalue weighted by molar-refractivity contribution is 5.81. The van der Waals surface area contributed by atoms with Crippen LogP contribution in [0.4, 0.5) is 13.2 Å². The van der Waals surface area contributed by atoms with E-state index in [-0.39, 0.29) is 29.8 Å². The van der Waals surface area contributed by atoms with Crippen LogP contribution in [0.1, 0.15) is 83.6 Å². The summed E-state index contributed by atoms with van der Waals surface area (Å²) in [6.45, 7) is 4.68. The number of ketones is 1. The van der Waals surface area contributed by atoms with E-state index in [2.05, 4.69) is 18.9 Å². The Kier molecular flexibility index (Phi) is 5.74. The largest absolute Gasteiger partial charge is 0.419 e. The molecular weight excluding hydrogens is 429 g/mol.